The van der Waals surface area contributed by atoms with Gasteiger partial charge in [0, 0.05) is 29.8 Å². The number of Topliss-reactive ketones (excluding diaryl/α,β-unsaturated/α-hetero) is 1. The van der Waals surface area contributed by atoms with Gasteiger partial charge in [-0.2, -0.15) is 26.3 Å². The molecular formula is C18H14F7NO2. The molecule has 152 valence electrons. The Hall–Kier alpha value is -2.62. The first-order valence-electron chi connectivity index (χ1n) is 7.85. The summed E-state index contributed by atoms with van der Waals surface area (Å²) in [5.41, 5.74) is -5.95. The van der Waals surface area contributed by atoms with Crippen LogP contribution in [0.25, 0.3) is 0 Å². The lowest BCUT2D eigenvalue weighted by molar-refractivity contribution is -0.376. The van der Waals surface area contributed by atoms with Gasteiger partial charge in [0.1, 0.15) is 5.82 Å². The van der Waals surface area contributed by atoms with Gasteiger partial charge in [-0.1, -0.05) is 12.1 Å². The molecule has 0 aliphatic rings. The maximum absolute atomic E-state index is 12.8. The van der Waals surface area contributed by atoms with E-state index in [2.05, 4.69) is 5.32 Å². The van der Waals surface area contributed by atoms with Crippen LogP contribution in [0, 0.1) is 5.82 Å². The summed E-state index contributed by atoms with van der Waals surface area (Å²) in [4.78, 5) is 11.9. The first-order valence-corrected chi connectivity index (χ1v) is 7.85. The minimum atomic E-state index is -5.96. The number of nitrogens with one attached hydrogen (secondary N) is 1. The molecular weight excluding hydrogens is 395 g/mol. The highest BCUT2D eigenvalue weighted by Crippen LogP contribution is 2.50. The Labute approximate surface area is 154 Å². The molecule has 0 aromatic heterocycles. The Kier molecular flexibility index (Phi) is 6.03. The van der Waals surface area contributed by atoms with Crippen LogP contribution in [-0.4, -0.2) is 29.8 Å². The monoisotopic (exact) mass is 409 g/mol. The molecule has 0 atom stereocenters. The van der Waals surface area contributed by atoms with Crippen molar-refractivity contribution in [1.82, 2.24) is 0 Å². The van der Waals surface area contributed by atoms with Crippen LogP contribution in [0.15, 0.2) is 48.5 Å². The summed E-state index contributed by atoms with van der Waals surface area (Å²) in [6.45, 7) is 0.0400. The molecule has 0 heterocycles. The van der Waals surface area contributed by atoms with E-state index in [1.165, 1.54) is 12.1 Å². The topological polar surface area (TPSA) is 49.3 Å². The molecule has 0 radical (unpaired) electrons. The van der Waals surface area contributed by atoms with Crippen LogP contribution in [0.1, 0.15) is 22.3 Å². The van der Waals surface area contributed by atoms with Gasteiger partial charge < -0.3 is 10.4 Å². The highest BCUT2D eigenvalue weighted by Gasteiger charge is 2.71. The summed E-state index contributed by atoms with van der Waals surface area (Å²) < 4.78 is 89.7. The lowest BCUT2D eigenvalue weighted by atomic mass is 9.92. The molecule has 3 nitrogen and oxygen atoms in total. The molecule has 2 aromatic carbocycles. The van der Waals surface area contributed by atoms with E-state index in [1.54, 1.807) is 0 Å². The van der Waals surface area contributed by atoms with E-state index in [4.69, 9.17) is 0 Å². The van der Waals surface area contributed by atoms with E-state index in [0.717, 1.165) is 24.3 Å². The molecule has 2 rings (SSSR count). The Bertz CT molecular complexity index is 798. The van der Waals surface area contributed by atoms with Crippen LogP contribution in [0.5, 0.6) is 0 Å². The molecule has 0 spiro atoms. The van der Waals surface area contributed by atoms with Gasteiger partial charge in [-0.05, 0) is 36.4 Å². The van der Waals surface area contributed by atoms with Gasteiger partial charge in [-0.15, -0.1) is 0 Å². The molecule has 0 saturated heterocycles. The van der Waals surface area contributed by atoms with Crippen LogP contribution in [0.4, 0.5) is 36.4 Å². The molecule has 0 fully saturated rings. The van der Waals surface area contributed by atoms with E-state index >= 15 is 0 Å². The zero-order valence-corrected chi connectivity index (χ0v) is 14.0. The lowest BCUT2D eigenvalue weighted by Crippen LogP contribution is -2.53. The van der Waals surface area contributed by atoms with Crippen LogP contribution in [-0.2, 0) is 5.60 Å². The molecule has 28 heavy (non-hydrogen) atoms. The van der Waals surface area contributed by atoms with Crippen LogP contribution >= 0.6 is 0 Å². The zero-order chi connectivity index (χ0) is 21.2. The third kappa shape index (κ3) is 4.44. The van der Waals surface area contributed by atoms with Crippen LogP contribution < -0.4 is 5.32 Å². The maximum Gasteiger partial charge on any atom is 0.430 e. The van der Waals surface area contributed by atoms with E-state index < -0.39 is 29.3 Å². The van der Waals surface area contributed by atoms with Gasteiger partial charge in [-0.3, -0.25) is 4.79 Å². The van der Waals surface area contributed by atoms with Gasteiger partial charge in [0.15, 0.2) is 5.78 Å². The lowest BCUT2D eigenvalue weighted by Gasteiger charge is -2.32. The smallest absolute Gasteiger partial charge is 0.385 e. The number of carbonyl (C=O) groups is 1. The van der Waals surface area contributed by atoms with Crippen LogP contribution in [0.2, 0.25) is 0 Å². The Morgan fingerprint density at radius 2 is 1.36 bits per heavy atom. The second-order valence-electron chi connectivity index (χ2n) is 5.89. The fourth-order valence-corrected chi connectivity index (χ4v) is 2.42. The summed E-state index contributed by atoms with van der Waals surface area (Å²) in [5.74, 6) is -0.833. The minimum Gasteiger partial charge on any atom is -0.385 e. The van der Waals surface area contributed by atoms with Crippen molar-refractivity contribution >= 4 is 11.5 Å². The number of alkyl halides is 6. The Morgan fingerprint density at radius 1 is 0.857 bits per heavy atom. The van der Waals surface area contributed by atoms with Crippen molar-refractivity contribution in [2.75, 3.05) is 11.9 Å². The third-order valence-corrected chi connectivity index (χ3v) is 3.97. The van der Waals surface area contributed by atoms with Crippen molar-refractivity contribution in [3.63, 3.8) is 0 Å². The first-order chi connectivity index (χ1) is 12.9. The minimum absolute atomic E-state index is 0.0393. The van der Waals surface area contributed by atoms with Gasteiger partial charge in [0.25, 0.3) is 5.60 Å². The van der Waals surface area contributed by atoms with Crippen molar-refractivity contribution < 1.29 is 40.6 Å². The number of hydrogen-bond donors (Lipinski definition) is 2. The fourth-order valence-electron chi connectivity index (χ4n) is 2.42. The molecule has 0 amide bonds. The number of ketones is 1. The van der Waals surface area contributed by atoms with E-state index in [1.807, 2.05) is 0 Å². The van der Waals surface area contributed by atoms with Crippen molar-refractivity contribution in [3.8, 4) is 0 Å². The summed E-state index contributed by atoms with van der Waals surface area (Å²) in [7, 11) is 0. The van der Waals surface area contributed by atoms with Gasteiger partial charge in [-0.25, -0.2) is 4.39 Å². The molecule has 0 aliphatic heterocycles. The average Bonchev–Trinajstić information content (AvgIpc) is 2.60. The number of rotatable bonds is 6. The number of aliphatic hydroxyl groups is 1. The van der Waals surface area contributed by atoms with Crippen LogP contribution in [0.3, 0.4) is 0 Å². The second-order valence-corrected chi connectivity index (χ2v) is 5.89. The summed E-state index contributed by atoms with van der Waals surface area (Å²) in [6.07, 6.45) is -12.0. The van der Waals surface area contributed by atoms with E-state index in [0.29, 0.717) is 12.1 Å². The summed E-state index contributed by atoms with van der Waals surface area (Å²) in [6, 6.07) is 7.68. The number of hydrogen-bond acceptors (Lipinski definition) is 3. The molecule has 0 aliphatic carbocycles. The molecule has 0 unspecified atom stereocenters. The first kappa shape index (κ1) is 21.7. The van der Waals surface area contributed by atoms with E-state index in [9.17, 15) is 40.6 Å². The predicted octanol–water partition coefficient (Wildman–Crippen LogP) is 4.82. The zero-order valence-electron chi connectivity index (χ0n) is 14.0. The molecule has 0 bridgehead atoms. The number of benzene rings is 2. The standard InChI is InChI=1S/C18H14F7NO2/c19-13-5-1-11(2-6-13)15(27)9-10-26-14-7-3-12(4-8-14)16(28,17(20,21)22)18(23,24)25/h1-8,26,28H,9-10H2. The van der Waals surface area contributed by atoms with Crippen molar-refractivity contribution in [2.45, 2.75) is 24.4 Å². The van der Waals surface area contributed by atoms with Gasteiger partial charge in [0.05, 0.1) is 0 Å². The third-order valence-electron chi connectivity index (χ3n) is 3.97. The predicted molar refractivity (Wildman–Crippen MR) is 86.3 cm³/mol. The highest BCUT2D eigenvalue weighted by molar-refractivity contribution is 5.96. The van der Waals surface area contributed by atoms with Crippen molar-refractivity contribution in [1.29, 1.82) is 0 Å². The van der Waals surface area contributed by atoms with Gasteiger partial charge in [0.2, 0.25) is 0 Å². The fraction of sp³-hybridized carbons (Fsp3) is 0.278. The van der Waals surface area contributed by atoms with E-state index in [-0.39, 0.29) is 30.0 Å². The molecule has 2 aromatic rings. The van der Waals surface area contributed by atoms with Gasteiger partial charge >= 0.3 is 12.4 Å². The summed E-state index contributed by atoms with van der Waals surface area (Å²) >= 11 is 0. The number of halogens is 7. The number of anilines is 1. The molecule has 10 heteroatoms. The SMILES string of the molecule is O=C(CCNc1ccc(C(O)(C(F)(F)F)C(F)(F)F)cc1)c1ccc(F)cc1. The second kappa shape index (κ2) is 7.78. The Balaban J connectivity index is 2.04. The average molecular weight is 409 g/mol. The normalized spacial score (nSPS) is 12.7. The quantitative estimate of drug-likeness (QED) is 0.531. The van der Waals surface area contributed by atoms with Crippen molar-refractivity contribution in [2.24, 2.45) is 0 Å². The highest BCUT2D eigenvalue weighted by atomic mass is 19.4. The molecule has 2 N–H and O–H groups in total. The maximum atomic E-state index is 12.8. The molecule has 0 saturated carbocycles. The number of carbonyl (C=O) groups excluding carboxylic acids is 1. The Morgan fingerprint density at radius 3 is 1.82 bits per heavy atom. The largest absolute Gasteiger partial charge is 0.430 e. The van der Waals surface area contributed by atoms with Crippen molar-refractivity contribution in [3.05, 3.63) is 65.5 Å². The summed E-state index contributed by atoms with van der Waals surface area (Å²) in [5, 5.41) is 12.0.